The average Bonchev–Trinajstić information content (AvgIpc) is 2.49. The smallest absolute Gasteiger partial charge is 0.132 e. The van der Waals surface area contributed by atoms with E-state index in [0.717, 1.165) is 15.9 Å². The van der Waals surface area contributed by atoms with Gasteiger partial charge in [0.2, 0.25) is 0 Å². The molecule has 2 N–H and O–H groups in total. The quantitative estimate of drug-likeness (QED) is 0.847. The van der Waals surface area contributed by atoms with Crippen molar-refractivity contribution in [3.63, 3.8) is 0 Å². The Kier molecular flexibility index (Phi) is 2.29. The lowest BCUT2D eigenvalue weighted by atomic mass is 10.2. The van der Waals surface area contributed by atoms with Gasteiger partial charge in [-0.25, -0.2) is 4.68 Å². The number of rotatable bonds is 1. The van der Waals surface area contributed by atoms with Gasteiger partial charge < -0.3 is 5.73 Å². The van der Waals surface area contributed by atoms with E-state index in [1.807, 2.05) is 31.2 Å². The van der Waals surface area contributed by atoms with Crippen LogP contribution in [0.15, 0.2) is 35.1 Å². The second-order valence-corrected chi connectivity index (χ2v) is 3.84. The normalized spacial score (nSPS) is 10.4. The highest BCUT2D eigenvalue weighted by molar-refractivity contribution is 9.10. The van der Waals surface area contributed by atoms with Crippen LogP contribution in [0, 0.1) is 6.92 Å². The lowest BCUT2D eigenvalue weighted by molar-refractivity contribution is 0.854. The standard InChI is InChI=1S/C10H10BrN3/c1-7-4-2-3-5-9(7)14-10(11)8(12)6-13-14/h2-6H,12H2,1H3. The van der Waals surface area contributed by atoms with Gasteiger partial charge in [0.1, 0.15) is 4.60 Å². The Bertz CT molecular complexity index is 462. The van der Waals surface area contributed by atoms with Gasteiger partial charge in [-0.1, -0.05) is 18.2 Å². The van der Waals surface area contributed by atoms with E-state index in [2.05, 4.69) is 21.0 Å². The number of para-hydroxylation sites is 1. The minimum atomic E-state index is 0.647. The van der Waals surface area contributed by atoms with Gasteiger partial charge in [-0.2, -0.15) is 5.10 Å². The maximum Gasteiger partial charge on any atom is 0.132 e. The molecular formula is C10H10BrN3. The molecule has 1 aromatic heterocycles. The number of benzene rings is 1. The maximum atomic E-state index is 5.70. The highest BCUT2D eigenvalue weighted by atomic mass is 79.9. The van der Waals surface area contributed by atoms with Crippen LogP contribution >= 0.6 is 15.9 Å². The molecule has 0 aliphatic rings. The molecule has 0 atom stereocenters. The van der Waals surface area contributed by atoms with Crippen molar-refractivity contribution in [2.75, 3.05) is 5.73 Å². The van der Waals surface area contributed by atoms with E-state index in [9.17, 15) is 0 Å². The van der Waals surface area contributed by atoms with Gasteiger partial charge in [0.15, 0.2) is 0 Å². The topological polar surface area (TPSA) is 43.8 Å². The SMILES string of the molecule is Cc1ccccc1-n1ncc(N)c1Br. The third kappa shape index (κ3) is 1.42. The molecule has 0 saturated heterocycles. The molecule has 0 saturated carbocycles. The molecular weight excluding hydrogens is 242 g/mol. The Labute approximate surface area is 90.7 Å². The molecule has 0 bridgehead atoms. The van der Waals surface area contributed by atoms with E-state index in [-0.39, 0.29) is 0 Å². The van der Waals surface area contributed by atoms with Gasteiger partial charge in [0.25, 0.3) is 0 Å². The zero-order chi connectivity index (χ0) is 10.1. The van der Waals surface area contributed by atoms with Crippen LogP contribution in [0.25, 0.3) is 5.69 Å². The molecule has 0 aliphatic heterocycles. The predicted molar refractivity (Wildman–Crippen MR) is 60.4 cm³/mol. The molecule has 0 radical (unpaired) electrons. The molecule has 2 aromatic rings. The van der Waals surface area contributed by atoms with Gasteiger partial charge >= 0.3 is 0 Å². The fraction of sp³-hybridized carbons (Fsp3) is 0.100. The summed E-state index contributed by atoms with van der Waals surface area (Å²) in [6.45, 7) is 2.04. The molecule has 14 heavy (non-hydrogen) atoms. The van der Waals surface area contributed by atoms with Crippen molar-refractivity contribution in [3.05, 3.63) is 40.6 Å². The minimum absolute atomic E-state index is 0.647. The summed E-state index contributed by atoms with van der Waals surface area (Å²) in [5.74, 6) is 0. The fourth-order valence-electron chi connectivity index (χ4n) is 1.32. The van der Waals surface area contributed by atoms with Gasteiger partial charge in [0, 0.05) is 0 Å². The van der Waals surface area contributed by atoms with Crippen molar-refractivity contribution >= 4 is 21.6 Å². The Morgan fingerprint density at radius 2 is 2.07 bits per heavy atom. The van der Waals surface area contributed by atoms with Crippen molar-refractivity contribution in [1.82, 2.24) is 9.78 Å². The van der Waals surface area contributed by atoms with E-state index in [1.54, 1.807) is 10.9 Å². The fourth-order valence-corrected chi connectivity index (χ4v) is 1.70. The van der Waals surface area contributed by atoms with Gasteiger partial charge in [0.05, 0.1) is 17.6 Å². The summed E-state index contributed by atoms with van der Waals surface area (Å²) >= 11 is 3.40. The molecule has 0 amide bonds. The van der Waals surface area contributed by atoms with Crippen molar-refractivity contribution in [1.29, 1.82) is 0 Å². The number of nitrogen functional groups attached to an aromatic ring is 1. The summed E-state index contributed by atoms with van der Waals surface area (Å²) in [5.41, 5.74) is 8.55. The molecule has 3 nitrogen and oxygen atoms in total. The van der Waals surface area contributed by atoms with Crippen LogP contribution in [-0.2, 0) is 0 Å². The van der Waals surface area contributed by atoms with Crippen LogP contribution < -0.4 is 5.73 Å². The molecule has 1 heterocycles. The highest BCUT2D eigenvalue weighted by Crippen LogP contribution is 2.23. The van der Waals surface area contributed by atoms with E-state index in [4.69, 9.17) is 5.73 Å². The number of halogens is 1. The van der Waals surface area contributed by atoms with Crippen molar-refractivity contribution in [2.24, 2.45) is 0 Å². The Morgan fingerprint density at radius 1 is 1.36 bits per heavy atom. The number of aryl methyl sites for hydroxylation is 1. The van der Waals surface area contributed by atoms with E-state index in [1.165, 1.54) is 0 Å². The molecule has 1 aromatic carbocycles. The van der Waals surface area contributed by atoms with E-state index in [0.29, 0.717) is 5.69 Å². The molecule has 0 aliphatic carbocycles. The van der Waals surface area contributed by atoms with Gasteiger partial charge in [-0.15, -0.1) is 0 Å². The Morgan fingerprint density at radius 3 is 2.64 bits per heavy atom. The van der Waals surface area contributed by atoms with Crippen molar-refractivity contribution in [2.45, 2.75) is 6.92 Å². The molecule has 0 fully saturated rings. The molecule has 0 unspecified atom stereocenters. The molecule has 0 spiro atoms. The second-order valence-electron chi connectivity index (χ2n) is 3.09. The van der Waals surface area contributed by atoms with Crippen molar-refractivity contribution < 1.29 is 0 Å². The van der Waals surface area contributed by atoms with Gasteiger partial charge in [-0.05, 0) is 34.5 Å². The van der Waals surface area contributed by atoms with E-state index < -0.39 is 0 Å². The first-order valence-corrected chi connectivity index (χ1v) is 5.04. The first-order chi connectivity index (χ1) is 6.70. The third-order valence-corrected chi connectivity index (χ3v) is 2.87. The zero-order valence-corrected chi connectivity index (χ0v) is 9.32. The monoisotopic (exact) mass is 251 g/mol. The summed E-state index contributed by atoms with van der Waals surface area (Å²) in [4.78, 5) is 0. The Balaban J connectivity index is 2.60. The number of hydrogen-bond donors (Lipinski definition) is 1. The number of anilines is 1. The molecule has 2 rings (SSSR count). The number of hydrogen-bond acceptors (Lipinski definition) is 2. The maximum absolute atomic E-state index is 5.70. The first-order valence-electron chi connectivity index (χ1n) is 4.25. The van der Waals surface area contributed by atoms with Crippen LogP contribution in [0.2, 0.25) is 0 Å². The molecule has 4 heteroatoms. The van der Waals surface area contributed by atoms with Crippen LogP contribution in [0.1, 0.15) is 5.56 Å². The van der Waals surface area contributed by atoms with E-state index >= 15 is 0 Å². The minimum Gasteiger partial charge on any atom is -0.395 e. The lowest BCUT2D eigenvalue weighted by Crippen LogP contribution is -1.99. The highest BCUT2D eigenvalue weighted by Gasteiger charge is 2.07. The summed E-state index contributed by atoms with van der Waals surface area (Å²) in [5, 5.41) is 4.19. The largest absolute Gasteiger partial charge is 0.395 e. The van der Waals surface area contributed by atoms with Crippen LogP contribution in [0.3, 0.4) is 0 Å². The average molecular weight is 252 g/mol. The number of nitrogens with zero attached hydrogens (tertiary/aromatic N) is 2. The van der Waals surface area contributed by atoms with Crippen LogP contribution in [0.5, 0.6) is 0 Å². The number of nitrogens with two attached hydrogens (primary N) is 1. The van der Waals surface area contributed by atoms with Crippen LogP contribution in [-0.4, -0.2) is 9.78 Å². The summed E-state index contributed by atoms with van der Waals surface area (Å²) in [7, 11) is 0. The second kappa shape index (κ2) is 3.46. The summed E-state index contributed by atoms with van der Waals surface area (Å²) in [6.07, 6.45) is 1.64. The molecule has 72 valence electrons. The van der Waals surface area contributed by atoms with Crippen LogP contribution in [0.4, 0.5) is 5.69 Å². The summed E-state index contributed by atoms with van der Waals surface area (Å²) < 4.78 is 2.58. The van der Waals surface area contributed by atoms with Crippen molar-refractivity contribution in [3.8, 4) is 5.69 Å². The predicted octanol–water partition coefficient (Wildman–Crippen LogP) is 2.53. The number of aromatic nitrogens is 2. The summed E-state index contributed by atoms with van der Waals surface area (Å²) in [6, 6.07) is 8.03. The lowest BCUT2D eigenvalue weighted by Gasteiger charge is -2.06. The zero-order valence-electron chi connectivity index (χ0n) is 7.74. The van der Waals surface area contributed by atoms with Gasteiger partial charge in [-0.3, -0.25) is 0 Å². The third-order valence-electron chi connectivity index (χ3n) is 2.08. The Hall–Kier alpha value is -1.29. The first kappa shape index (κ1) is 9.27.